The Morgan fingerprint density at radius 3 is 2.55 bits per heavy atom. The van der Waals surface area contributed by atoms with Crippen molar-refractivity contribution in [3.8, 4) is 22.8 Å². The average Bonchev–Trinajstić information content (AvgIpc) is 3.13. The summed E-state index contributed by atoms with van der Waals surface area (Å²) in [6.45, 7) is 6.36. The van der Waals surface area contributed by atoms with E-state index in [4.69, 9.17) is 9.47 Å². The average molecular weight is 492 g/mol. The third-order valence-electron chi connectivity index (χ3n) is 4.76. The van der Waals surface area contributed by atoms with Crippen molar-refractivity contribution in [3.63, 3.8) is 0 Å². The van der Waals surface area contributed by atoms with Crippen molar-refractivity contribution in [2.24, 2.45) is 0 Å². The summed E-state index contributed by atoms with van der Waals surface area (Å²) in [5, 5.41) is 12.6. The van der Waals surface area contributed by atoms with Gasteiger partial charge in [0, 0.05) is 42.7 Å². The number of halogens is 1. The lowest BCUT2D eigenvalue weighted by Gasteiger charge is -2.33. The first-order valence-corrected chi connectivity index (χ1v) is 10.5. The zero-order chi connectivity index (χ0) is 22.8. The van der Waals surface area contributed by atoms with Crippen LogP contribution in [0.4, 0.5) is 10.6 Å². The van der Waals surface area contributed by atoms with Gasteiger partial charge in [-0.3, -0.25) is 4.40 Å². The predicted molar refractivity (Wildman–Crippen MR) is 122 cm³/mol. The quantitative estimate of drug-likeness (QED) is 0.505. The van der Waals surface area contributed by atoms with E-state index in [0.717, 1.165) is 10.0 Å². The van der Waals surface area contributed by atoms with E-state index in [2.05, 4.69) is 31.2 Å². The van der Waals surface area contributed by atoms with E-state index >= 15 is 0 Å². The number of imidazole rings is 1. The summed E-state index contributed by atoms with van der Waals surface area (Å²) in [7, 11) is 3.19. The smallest absolute Gasteiger partial charge is 0.407 e. The Morgan fingerprint density at radius 2 is 1.94 bits per heavy atom. The van der Waals surface area contributed by atoms with Gasteiger partial charge in [0.05, 0.1) is 24.4 Å². The summed E-state index contributed by atoms with van der Waals surface area (Å²) >= 11 is 3.50. The van der Waals surface area contributed by atoms with Crippen LogP contribution in [0.15, 0.2) is 35.1 Å². The van der Waals surface area contributed by atoms with Crippen LogP contribution in [-0.4, -0.2) is 63.3 Å². The van der Waals surface area contributed by atoms with Crippen molar-refractivity contribution in [1.82, 2.24) is 19.3 Å². The first kappa shape index (κ1) is 22.7. The number of rotatable bonds is 7. The summed E-state index contributed by atoms with van der Waals surface area (Å²) in [5.41, 5.74) is 1.03. The van der Waals surface area contributed by atoms with Gasteiger partial charge in [-0.05, 0) is 48.8 Å². The van der Waals surface area contributed by atoms with Gasteiger partial charge >= 0.3 is 6.09 Å². The van der Waals surface area contributed by atoms with Crippen molar-refractivity contribution in [2.75, 3.05) is 32.6 Å². The number of benzene rings is 1. The Bertz CT molecular complexity index is 1090. The number of hydrogen-bond donors (Lipinski definition) is 2. The monoisotopic (exact) mass is 491 g/mol. The molecule has 2 N–H and O–H groups in total. The molecule has 0 saturated carbocycles. The fourth-order valence-corrected chi connectivity index (χ4v) is 3.68. The van der Waals surface area contributed by atoms with Gasteiger partial charge in [0.25, 0.3) is 0 Å². The van der Waals surface area contributed by atoms with Gasteiger partial charge in [-0.15, -0.1) is 0 Å². The molecule has 31 heavy (non-hydrogen) atoms. The highest BCUT2D eigenvalue weighted by molar-refractivity contribution is 9.10. The normalized spacial score (nSPS) is 11.4. The van der Waals surface area contributed by atoms with Crippen molar-refractivity contribution in [2.45, 2.75) is 26.3 Å². The molecule has 0 aliphatic rings. The largest absolute Gasteiger partial charge is 0.496 e. The Balaban J connectivity index is 1.81. The highest BCUT2D eigenvalue weighted by Gasteiger charge is 2.25. The summed E-state index contributed by atoms with van der Waals surface area (Å²) in [6, 6.07) is 5.51. The Kier molecular flexibility index (Phi) is 6.59. The molecular weight excluding hydrogens is 466 g/mol. The lowest BCUT2D eigenvalue weighted by atomic mass is 10.1. The first-order chi connectivity index (χ1) is 14.6. The third-order valence-corrected chi connectivity index (χ3v) is 5.38. The number of ether oxygens (including phenoxy) is 2. The fraction of sp³-hybridized carbons (Fsp3) is 0.381. The van der Waals surface area contributed by atoms with Crippen LogP contribution < -0.4 is 14.8 Å². The summed E-state index contributed by atoms with van der Waals surface area (Å²) < 4.78 is 13.4. The molecule has 3 aromatic rings. The summed E-state index contributed by atoms with van der Waals surface area (Å²) in [6.07, 6.45) is 2.77. The maximum atomic E-state index is 11.5. The molecule has 1 aromatic carbocycles. The molecule has 166 valence electrons. The number of aromatic nitrogens is 3. The molecule has 2 heterocycles. The van der Waals surface area contributed by atoms with Gasteiger partial charge in [0.15, 0.2) is 0 Å². The Labute approximate surface area is 189 Å². The van der Waals surface area contributed by atoms with Crippen molar-refractivity contribution in [1.29, 1.82) is 0 Å². The number of carbonyl (C=O) groups is 1. The maximum Gasteiger partial charge on any atom is 0.407 e. The van der Waals surface area contributed by atoms with E-state index in [9.17, 15) is 9.90 Å². The number of methoxy groups -OCH3 is 2. The lowest BCUT2D eigenvalue weighted by molar-refractivity contribution is 0.103. The highest BCUT2D eigenvalue weighted by atomic mass is 79.9. The van der Waals surface area contributed by atoms with E-state index < -0.39 is 11.6 Å². The predicted octanol–water partition coefficient (Wildman–Crippen LogP) is 4.37. The van der Waals surface area contributed by atoms with Gasteiger partial charge in [-0.2, -0.15) is 4.98 Å². The minimum Gasteiger partial charge on any atom is -0.496 e. The van der Waals surface area contributed by atoms with Gasteiger partial charge in [0.2, 0.25) is 5.78 Å². The molecule has 0 spiro atoms. The van der Waals surface area contributed by atoms with Crippen LogP contribution in [0.25, 0.3) is 17.0 Å². The number of anilines is 1. The van der Waals surface area contributed by atoms with Gasteiger partial charge < -0.3 is 24.8 Å². The molecule has 0 aliphatic heterocycles. The first-order valence-electron chi connectivity index (χ1n) is 9.66. The maximum absolute atomic E-state index is 11.5. The van der Waals surface area contributed by atoms with E-state index in [1.807, 2.05) is 49.7 Å². The van der Waals surface area contributed by atoms with E-state index in [1.165, 1.54) is 4.90 Å². The molecule has 0 radical (unpaired) electrons. The lowest BCUT2D eigenvalue weighted by Crippen LogP contribution is -2.47. The standard InChI is InChI=1S/C21H26BrN5O4/c1-21(2,3)27(20(28)29)9-7-23-18-6-8-26-12-15(24-19(26)25-18)13-10-14(22)17(31-5)11-16(13)30-4/h6,8,10-12H,7,9H2,1-5H3,(H,28,29)(H,23,24,25). The van der Waals surface area contributed by atoms with Gasteiger partial charge in [-0.25, -0.2) is 9.78 Å². The SMILES string of the molecule is COc1cc(OC)c(-c2cn3ccc(NCCN(C(=O)O)C(C)(C)C)nc3n2)cc1Br. The second kappa shape index (κ2) is 9.01. The van der Waals surface area contributed by atoms with Crippen LogP contribution in [0.5, 0.6) is 11.5 Å². The molecule has 0 unspecified atom stereocenters. The van der Waals surface area contributed by atoms with E-state index in [0.29, 0.717) is 41.9 Å². The van der Waals surface area contributed by atoms with Gasteiger partial charge in [0.1, 0.15) is 17.3 Å². The topological polar surface area (TPSA) is 101 Å². The number of carboxylic acid groups (broad SMARTS) is 1. The van der Waals surface area contributed by atoms with E-state index in [1.54, 1.807) is 20.3 Å². The number of nitrogens with one attached hydrogen (secondary N) is 1. The Morgan fingerprint density at radius 1 is 1.23 bits per heavy atom. The zero-order valence-corrected chi connectivity index (χ0v) is 19.7. The second-order valence-corrected chi connectivity index (χ2v) is 8.72. The number of hydrogen-bond acceptors (Lipinski definition) is 6. The molecule has 0 saturated heterocycles. The molecule has 1 amide bonds. The Hall–Kier alpha value is -3.01. The van der Waals surface area contributed by atoms with Gasteiger partial charge in [-0.1, -0.05) is 0 Å². The van der Waals surface area contributed by atoms with Crippen LogP contribution in [-0.2, 0) is 0 Å². The van der Waals surface area contributed by atoms with Crippen LogP contribution in [0, 0.1) is 0 Å². The fourth-order valence-electron chi connectivity index (χ4n) is 3.17. The minimum absolute atomic E-state index is 0.336. The summed E-state index contributed by atoms with van der Waals surface area (Å²) in [4.78, 5) is 22.0. The van der Waals surface area contributed by atoms with Crippen LogP contribution in [0.3, 0.4) is 0 Å². The molecule has 0 aliphatic carbocycles. The molecule has 3 rings (SSSR count). The molecule has 9 nitrogen and oxygen atoms in total. The second-order valence-electron chi connectivity index (χ2n) is 7.87. The molecule has 0 fully saturated rings. The number of fused-ring (bicyclic) bond motifs is 1. The summed E-state index contributed by atoms with van der Waals surface area (Å²) in [5.74, 6) is 2.43. The molecule has 0 bridgehead atoms. The van der Waals surface area contributed by atoms with E-state index in [-0.39, 0.29) is 0 Å². The number of amides is 1. The molecule has 2 aromatic heterocycles. The molecular formula is C21H26BrN5O4. The molecule has 0 atom stereocenters. The van der Waals surface area contributed by atoms with Crippen LogP contribution in [0.2, 0.25) is 0 Å². The third kappa shape index (κ3) is 5.01. The molecule has 10 heteroatoms. The van der Waals surface area contributed by atoms with Crippen molar-refractivity contribution in [3.05, 3.63) is 35.1 Å². The van der Waals surface area contributed by atoms with Crippen molar-refractivity contribution < 1.29 is 19.4 Å². The zero-order valence-electron chi connectivity index (χ0n) is 18.1. The van der Waals surface area contributed by atoms with Crippen LogP contribution in [0.1, 0.15) is 20.8 Å². The van der Waals surface area contributed by atoms with Crippen molar-refractivity contribution >= 4 is 33.6 Å². The minimum atomic E-state index is -0.949. The van der Waals surface area contributed by atoms with Crippen LogP contribution >= 0.6 is 15.9 Å². The highest BCUT2D eigenvalue weighted by Crippen LogP contribution is 2.38. The number of nitrogens with zero attached hydrogens (tertiary/aromatic N) is 4.